The van der Waals surface area contributed by atoms with E-state index in [0.29, 0.717) is 5.92 Å². The van der Waals surface area contributed by atoms with Crippen molar-refractivity contribution in [1.29, 1.82) is 0 Å². The molecule has 0 N–H and O–H groups in total. The molecule has 1 aromatic heterocycles. The second-order valence-corrected chi connectivity index (χ2v) is 9.57. The Morgan fingerprint density at radius 3 is 1.71 bits per heavy atom. The van der Waals surface area contributed by atoms with Gasteiger partial charge in [0.1, 0.15) is 11.2 Å². The first kappa shape index (κ1) is 19.4. The highest BCUT2D eigenvalue weighted by atomic mass is 16.3. The third kappa shape index (κ3) is 2.80. The second kappa shape index (κ2) is 7.20. The maximum Gasteiger partial charge on any atom is 0.135 e. The van der Waals surface area contributed by atoms with Gasteiger partial charge in [0.25, 0.3) is 0 Å². The van der Waals surface area contributed by atoms with Gasteiger partial charge < -0.3 is 4.42 Å². The second-order valence-electron chi connectivity index (χ2n) is 9.57. The van der Waals surface area contributed by atoms with E-state index < -0.39 is 0 Å². The van der Waals surface area contributed by atoms with Crippen molar-refractivity contribution in [2.75, 3.05) is 0 Å². The predicted molar refractivity (Wildman–Crippen MR) is 146 cm³/mol. The van der Waals surface area contributed by atoms with E-state index in [4.69, 9.17) is 4.42 Å². The molecule has 0 amide bonds. The number of benzene rings is 6. The Labute approximate surface area is 198 Å². The Morgan fingerprint density at radius 2 is 0.971 bits per heavy atom. The van der Waals surface area contributed by atoms with Gasteiger partial charge in [0.15, 0.2) is 0 Å². The van der Waals surface area contributed by atoms with E-state index in [1.54, 1.807) is 0 Å². The Bertz CT molecular complexity index is 1860. The fourth-order valence-electron chi connectivity index (χ4n) is 5.42. The number of hydrogen-bond donors (Lipinski definition) is 0. The van der Waals surface area contributed by atoms with Crippen molar-refractivity contribution in [3.8, 4) is 11.1 Å². The molecule has 0 saturated heterocycles. The van der Waals surface area contributed by atoms with Gasteiger partial charge in [-0.2, -0.15) is 0 Å². The molecule has 34 heavy (non-hydrogen) atoms. The molecule has 0 radical (unpaired) electrons. The Hall–Kier alpha value is -4.10. The number of fused-ring (bicyclic) bond motifs is 9. The first-order chi connectivity index (χ1) is 16.7. The average molecular weight is 437 g/mol. The Balaban J connectivity index is 1.51. The minimum atomic E-state index is 0.509. The molecule has 1 heteroatoms. The van der Waals surface area contributed by atoms with Crippen molar-refractivity contribution in [2.24, 2.45) is 0 Å². The van der Waals surface area contributed by atoms with Gasteiger partial charge in [0, 0.05) is 10.8 Å². The normalized spacial score (nSPS) is 12.1. The van der Waals surface area contributed by atoms with Gasteiger partial charge in [-0.1, -0.05) is 92.7 Å². The van der Waals surface area contributed by atoms with Crippen molar-refractivity contribution in [1.82, 2.24) is 0 Å². The number of rotatable bonds is 2. The van der Waals surface area contributed by atoms with Crippen LogP contribution in [-0.2, 0) is 0 Å². The van der Waals surface area contributed by atoms with Gasteiger partial charge in [0.05, 0.1) is 0 Å². The van der Waals surface area contributed by atoms with Crippen LogP contribution in [0.15, 0.2) is 108 Å². The van der Waals surface area contributed by atoms with E-state index in [0.717, 1.165) is 21.9 Å². The summed E-state index contributed by atoms with van der Waals surface area (Å²) in [4.78, 5) is 0. The molecule has 7 rings (SSSR count). The summed E-state index contributed by atoms with van der Waals surface area (Å²) in [5.41, 5.74) is 5.69. The van der Waals surface area contributed by atoms with Crippen LogP contribution in [0.1, 0.15) is 25.3 Å². The van der Waals surface area contributed by atoms with Gasteiger partial charge in [-0.3, -0.25) is 0 Å². The molecule has 0 fully saturated rings. The lowest BCUT2D eigenvalue weighted by Crippen LogP contribution is -1.89. The van der Waals surface area contributed by atoms with Crippen molar-refractivity contribution >= 4 is 54.3 Å². The van der Waals surface area contributed by atoms with Crippen molar-refractivity contribution < 1.29 is 4.42 Å². The lowest BCUT2D eigenvalue weighted by molar-refractivity contribution is 0.669. The summed E-state index contributed by atoms with van der Waals surface area (Å²) in [6.45, 7) is 4.52. The van der Waals surface area contributed by atoms with Crippen LogP contribution in [0.5, 0.6) is 0 Å². The summed E-state index contributed by atoms with van der Waals surface area (Å²) in [5.74, 6) is 0.509. The summed E-state index contributed by atoms with van der Waals surface area (Å²) < 4.78 is 6.05. The van der Waals surface area contributed by atoms with Crippen LogP contribution in [0.3, 0.4) is 0 Å². The van der Waals surface area contributed by atoms with Crippen LogP contribution in [0.2, 0.25) is 0 Å². The van der Waals surface area contributed by atoms with Crippen LogP contribution in [0, 0.1) is 0 Å². The van der Waals surface area contributed by atoms with Crippen LogP contribution >= 0.6 is 0 Å². The zero-order valence-corrected chi connectivity index (χ0v) is 19.3. The van der Waals surface area contributed by atoms with Crippen molar-refractivity contribution in [3.63, 3.8) is 0 Å². The van der Waals surface area contributed by atoms with Crippen molar-refractivity contribution in [3.05, 3.63) is 109 Å². The van der Waals surface area contributed by atoms with Crippen LogP contribution in [-0.4, -0.2) is 0 Å². The molecule has 0 aliphatic carbocycles. The number of para-hydroxylation sites is 1. The molecule has 0 spiro atoms. The van der Waals surface area contributed by atoms with E-state index in [1.165, 1.54) is 49.0 Å². The third-order valence-electron chi connectivity index (χ3n) is 7.24. The highest BCUT2D eigenvalue weighted by molar-refractivity contribution is 6.26. The standard InChI is InChI=1S/C33H24O/c1-20(2)21-11-14-26-27-15-12-22(18-30(27)25-8-4-3-7-24(25)29(26)17-21)23-13-16-33-31(19-23)28-9-5-6-10-32(28)34-33/h3-20H,1-2H3. The maximum atomic E-state index is 6.05. The van der Waals surface area contributed by atoms with E-state index in [2.05, 4.69) is 105 Å². The van der Waals surface area contributed by atoms with E-state index in [9.17, 15) is 0 Å². The smallest absolute Gasteiger partial charge is 0.135 e. The molecule has 0 aliphatic heterocycles. The summed E-state index contributed by atoms with van der Waals surface area (Å²) in [6.07, 6.45) is 0. The Kier molecular flexibility index (Phi) is 4.10. The number of hydrogen-bond acceptors (Lipinski definition) is 1. The van der Waals surface area contributed by atoms with Gasteiger partial charge in [-0.25, -0.2) is 0 Å². The fourth-order valence-corrected chi connectivity index (χ4v) is 5.42. The van der Waals surface area contributed by atoms with Gasteiger partial charge in [-0.05, 0) is 79.2 Å². The zero-order valence-electron chi connectivity index (χ0n) is 19.3. The average Bonchev–Trinajstić information content (AvgIpc) is 3.26. The van der Waals surface area contributed by atoms with Gasteiger partial charge in [0.2, 0.25) is 0 Å². The highest BCUT2D eigenvalue weighted by Crippen LogP contribution is 2.39. The first-order valence-electron chi connectivity index (χ1n) is 12.0. The zero-order chi connectivity index (χ0) is 22.8. The topological polar surface area (TPSA) is 13.1 Å². The third-order valence-corrected chi connectivity index (χ3v) is 7.24. The minimum absolute atomic E-state index is 0.509. The van der Waals surface area contributed by atoms with E-state index in [1.807, 2.05) is 12.1 Å². The molecular formula is C33H24O. The van der Waals surface area contributed by atoms with Gasteiger partial charge >= 0.3 is 0 Å². The predicted octanol–water partition coefficient (Wildman–Crippen LogP) is 9.84. The SMILES string of the molecule is CC(C)c1ccc2c3ccc(-c4ccc5oc6ccccc6c5c4)cc3c3ccccc3c2c1. The molecule has 0 aliphatic rings. The van der Waals surface area contributed by atoms with E-state index in [-0.39, 0.29) is 0 Å². The molecule has 0 bridgehead atoms. The molecule has 0 saturated carbocycles. The summed E-state index contributed by atoms with van der Waals surface area (Å²) in [7, 11) is 0. The Morgan fingerprint density at radius 1 is 0.441 bits per heavy atom. The lowest BCUT2D eigenvalue weighted by Gasteiger charge is -2.14. The van der Waals surface area contributed by atoms with Crippen molar-refractivity contribution in [2.45, 2.75) is 19.8 Å². The largest absolute Gasteiger partial charge is 0.456 e. The molecule has 0 atom stereocenters. The molecule has 0 unspecified atom stereocenters. The molecule has 6 aromatic carbocycles. The molecular weight excluding hydrogens is 412 g/mol. The summed E-state index contributed by atoms with van der Waals surface area (Å²) >= 11 is 0. The first-order valence-corrected chi connectivity index (χ1v) is 12.0. The fraction of sp³-hybridized carbons (Fsp3) is 0.0909. The number of furan rings is 1. The van der Waals surface area contributed by atoms with Crippen LogP contribution in [0.25, 0.3) is 65.4 Å². The van der Waals surface area contributed by atoms with E-state index >= 15 is 0 Å². The summed E-state index contributed by atoms with van der Waals surface area (Å²) in [6, 6.07) is 37.5. The van der Waals surface area contributed by atoms with Crippen LogP contribution in [0.4, 0.5) is 0 Å². The van der Waals surface area contributed by atoms with Gasteiger partial charge in [-0.15, -0.1) is 0 Å². The quantitative estimate of drug-likeness (QED) is 0.246. The van der Waals surface area contributed by atoms with Crippen LogP contribution < -0.4 is 0 Å². The highest BCUT2D eigenvalue weighted by Gasteiger charge is 2.13. The molecule has 1 heterocycles. The summed E-state index contributed by atoms with van der Waals surface area (Å²) in [5, 5.41) is 10.2. The molecule has 1 nitrogen and oxygen atoms in total. The monoisotopic (exact) mass is 436 g/mol. The lowest BCUT2D eigenvalue weighted by atomic mass is 9.90. The molecule has 162 valence electrons. The minimum Gasteiger partial charge on any atom is -0.456 e. The maximum absolute atomic E-state index is 6.05. The molecule has 7 aromatic rings.